The highest BCUT2D eigenvalue weighted by Crippen LogP contribution is 2.20. The molecule has 1 amide bonds. The Hall–Kier alpha value is -2.04. The molecule has 128 valence electrons. The van der Waals surface area contributed by atoms with E-state index in [9.17, 15) is 4.79 Å². The molecule has 0 saturated carbocycles. The third kappa shape index (κ3) is 5.55. The number of anilines is 1. The van der Waals surface area contributed by atoms with Crippen LogP contribution in [-0.2, 0) is 11.2 Å². The van der Waals surface area contributed by atoms with Crippen LogP contribution < -0.4 is 15.4 Å². The molecule has 0 aliphatic carbocycles. The van der Waals surface area contributed by atoms with Crippen molar-refractivity contribution in [1.29, 1.82) is 0 Å². The number of hydrogen-bond acceptors (Lipinski definition) is 3. The maximum atomic E-state index is 11.9. The molecule has 0 fully saturated rings. The number of methoxy groups -OCH3 is 1. The van der Waals surface area contributed by atoms with Crippen molar-refractivity contribution in [2.24, 2.45) is 0 Å². The molecule has 24 heavy (non-hydrogen) atoms. The van der Waals surface area contributed by atoms with Gasteiger partial charge in [-0.1, -0.05) is 35.9 Å². The molecule has 0 aromatic heterocycles. The first-order valence-corrected chi connectivity index (χ1v) is 8.36. The lowest BCUT2D eigenvalue weighted by Gasteiger charge is -2.09. The molecule has 0 atom stereocenters. The van der Waals surface area contributed by atoms with Crippen LogP contribution in [0.4, 0.5) is 5.69 Å². The minimum Gasteiger partial charge on any atom is -0.496 e. The number of amides is 1. The highest BCUT2D eigenvalue weighted by molar-refractivity contribution is 6.31. The summed E-state index contributed by atoms with van der Waals surface area (Å²) in [5.74, 6) is 0.869. The van der Waals surface area contributed by atoms with E-state index < -0.39 is 0 Å². The van der Waals surface area contributed by atoms with Gasteiger partial charge in [-0.2, -0.15) is 0 Å². The van der Waals surface area contributed by atoms with Gasteiger partial charge in [-0.3, -0.25) is 4.79 Å². The largest absolute Gasteiger partial charge is 0.496 e. The molecule has 0 radical (unpaired) electrons. The van der Waals surface area contributed by atoms with Gasteiger partial charge in [0, 0.05) is 23.7 Å². The molecule has 2 aromatic carbocycles. The molecular weight excluding hydrogens is 324 g/mol. The molecule has 0 aliphatic heterocycles. The molecule has 0 aliphatic rings. The normalized spacial score (nSPS) is 10.5. The SMILES string of the molecule is COc1ccccc1CCNCCC(=O)Nc1ccc(C)c(Cl)c1. The second-order valence-electron chi connectivity index (χ2n) is 5.57. The van der Waals surface area contributed by atoms with Crippen molar-refractivity contribution >= 4 is 23.2 Å². The summed E-state index contributed by atoms with van der Waals surface area (Å²) in [6.45, 7) is 3.35. The number of para-hydroxylation sites is 1. The average molecular weight is 347 g/mol. The van der Waals surface area contributed by atoms with Crippen molar-refractivity contribution in [2.75, 3.05) is 25.5 Å². The summed E-state index contributed by atoms with van der Waals surface area (Å²) in [5.41, 5.74) is 2.88. The number of carbonyl (C=O) groups excluding carboxylic acids is 1. The Balaban J connectivity index is 1.68. The van der Waals surface area contributed by atoms with Gasteiger partial charge in [0.05, 0.1) is 7.11 Å². The quantitative estimate of drug-likeness (QED) is 0.714. The van der Waals surface area contributed by atoms with Gasteiger partial charge in [-0.15, -0.1) is 0 Å². The lowest BCUT2D eigenvalue weighted by molar-refractivity contribution is -0.116. The summed E-state index contributed by atoms with van der Waals surface area (Å²) in [6.07, 6.45) is 1.27. The van der Waals surface area contributed by atoms with E-state index in [1.54, 1.807) is 13.2 Å². The lowest BCUT2D eigenvalue weighted by atomic mass is 10.1. The summed E-state index contributed by atoms with van der Waals surface area (Å²) in [7, 11) is 1.67. The van der Waals surface area contributed by atoms with E-state index in [4.69, 9.17) is 16.3 Å². The Bertz CT molecular complexity index is 689. The third-order valence-corrected chi connectivity index (χ3v) is 4.16. The van der Waals surface area contributed by atoms with Crippen molar-refractivity contribution in [3.05, 3.63) is 58.6 Å². The summed E-state index contributed by atoms with van der Waals surface area (Å²) < 4.78 is 5.32. The first-order chi connectivity index (χ1) is 11.6. The second-order valence-corrected chi connectivity index (χ2v) is 5.98. The Kier molecular flexibility index (Phi) is 7.09. The number of rotatable bonds is 8. The van der Waals surface area contributed by atoms with Gasteiger partial charge in [0.2, 0.25) is 5.91 Å². The zero-order chi connectivity index (χ0) is 17.4. The first-order valence-electron chi connectivity index (χ1n) is 7.99. The Morgan fingerprint density at radius 3 is 2.71 bits per heavy atom. The molecule has 0 unspecified atom stereocenters. The highest BCUT2D eigenvalue weighted by atomic mass is 35.5. The van der Waals surface area contributed by atoms with E-state index in [2.05, 4.69) is 10.6 Å². The number of ether oxygens (including phenoxy) is 1. The van der Waals surface area contributed by atoms with Gasteiger partial charge in [0.15, 0.2) is 0 Å². The molecule has 0 heterocycles. The van der Waals surface area contributed by atoms with Crippen LogP contribution >= 0.6 is 11.6 Å². The van der Waals surface area contributed by atoms with Crippen molar-refractivity contribution in [3.63, 3.8) is 0 Å². The maximum absolute atomic E-state index is 11.9. The monoisotopic (exact) mass is 346 g/mol. The van der Waals surface area contributed by atoms with E-state index in [-0.39, 0.29) is 5.91 Å². The summed E-state index contributed by atoms with van der Waals surface area (Å²) in [5, 5.41) is 6.79. The van der Waals surface area contributed by atoms with E-state index in [1.807, 2.05) is 43.3 Å². The summed E-state index contributed by atoms with van der Waals surface area (Å²) in [4.78, 5) is 11.9. The van der Waals surface area contributed by atoms with Gasteiger partial charge < -0.3 is 15.4 Å². The van der Waals surface area contributed by atoms with Crippen molar-refractivity contribution in [3.8, 4) is 5.75 Å². The fourth-order valence-electron chi connectivity index (χ4n) is 2.35. The zero-order valence-electron chi connectivity index (χ0n) is 14.1. The van der Waals surface area contributed by atoms with Crippen molar-refractivity contribution < 1.29 is 9.53 Å². The highest BCUT2D eigenvalue weighted by Gasteiger charge is 2.05. The molecule has 2 aromatic rings. The van der Waals surface area contributed by atoms with Crippen molar-refractivity contribution in [2.45, 2.75) is 19.8 Å². The van der Waals surface area contributed by atoms with Crippen LogP contribution in [0, 0.1) is 6.92 Å². The molecule has 4 nitrogen and oxygen atoms in total. The summed E-state index contributed by atoms with van der Waals surface area (Å²) >= 11 is 6.05. The molecule has 5 heteroatoms. The van der Waals surface area contributed by atoms with Crippen LogP contribution in [0.3, 0.4) is 0 Å². The number of halogens is 1. The first kappa shape index (κ1) is 18.3. The minimum atomic E-state index is -0.0280. The van der Waals surface area contributed by atoms with E-state index in [1.165, 1.54) is 0 Å². The van der Waals surface area contributed by atoms with Gasteiger partial charge in [0.25, 0.3) is 0 Å². The Labute approximate surface area is 148 Å². The van der Waals surface area contributed by atoms with Gasteiger partial charge in [-0.25, -0.2) is 0 Å². The Morgan fingerprint density at radius 1 is 1.17 bits per heavy atom. The molecule has 2 rings (SSSR count). The smallest absolute Gasteiger partial charge is 0.225 e. The van der Waals surface area contributed by atoms with E-state index in [0.29, 0.717) is 18.0 Å². The molecule has 0 saturated heterocycles. The predicted octanol–water partition coefficient (Wildman–Crippen LogP) is 3.82. The van der Waals surface area contributed by atoms with Gasteiger partial charge >= 0.3 is 0 Å². The zero-order valence-corrected chi connectivity index (χ0v) is 14.8. The number of carbonyl (C=O) groups is 1. The second kappa shape index (κ2) is 9.30. The standard InChI is InChI=1S/C19H23ClN2O2/c1-14-7-8-16(13-17(14)20)22-19(23)10-12-21-11-9-15-5-3-4-6-18(15)24-2/h3-8,13,21H,9-12H2,1-2H3,(H,22,23). The fraction of sp³-hybridized carbons (Fsp3) is 0.316. The van der Waals surface area contributed by atoms with Crippen molar-refractivity contribution in [1.82, 2.24) is 5.32 Å². The van der Waals surface area contributed by atoms with E-state index in [0.717, 1.165) is 35.5 Å². The predicted molar refractivity (Wildman–Crippen MR) is 99.0 cm³/mol. The summed E-state index contributed by atoms with van der Waals surface area (Å²) in [6, 6.07) is 13.5. The van der Waals surface area contributed by atoms with Crippen LogP contribution in [-0.4, -0.2) is 26.1 Å². The van der Waals surface area contributed by atoms with E-state index >= 15 is 0 Å². The lowest BCUT2D eigenvalue weighted by Crippen LogP contribution is -2.23. The van der Waals surface area contributed by atoms with Gasteiger partial charge in [0.1, 0.15) is 5.75 Å². The average Bonchev–Trinajstić information content (AvgIpc) is 2.58. The number of aryl methyl sites for hydroxylation is 1. The topological polar surface area (TPSA) is 50.4 Å². The minimum absolute atomic E-state index is 0.0280. The fourth-order valence-corrected chi connectivity index (χ4v) is 2.53. The van der Waals surface area contributed by atoms with Crippen LogP contribution in [0.25, 0.3) is 0 Å². The van der Waals surface area contributed by atoms with Crippen LogP contribution in [0.5, 0.6) is 5.75 Å². The number of nitrogens with one attached hydrogen (secondary N) is 2. The molecule has 0 spiro atoms. The third-order valence-electron chi connectivity index (χ3n) is 3.75. The maximum Gasteiger partial charge on any atom is 0.225 e. The van der Waals surface area contributed by atoms with Crippen LogP contribution in [0.1, 0.15) is 17.5 Å². The molecule has 2 N–H and O–H groups in total. The molecular formula is C19H23ClN2O2. The Morgan fingerprint density at radius 2 is 1.96 bits per heavy atom. The number of hydrogen-bond donors (Lipinski definition) is 2. The molecule has 0 bridgehead atoms. The van der Waals surface area contributed by atoms with Gasteiger partial charge in [-0.05, 0) is 49.2 Å². The van der Waals surface area contributed by atoms with Crippen LogP contribution in [0.2, 0.25) is 5.02 Å². The number of benzene rings is 2. The van der Waals surface area contributed by atoms with Crippen LogP contribution in [0.15, 0.2) is 42.5 Å².